The first-order valence-electron chi connectivity index (χ1n) is 14.1. The third kappa shape index (κ3) is 4.38. The minimum Gasteiger partial charge on any atom is -0.495 e. The van der Waals surface area contributed by atoms with Gasteiger partial charge in [0.15, 0.2) is 0 Å². The van der Waals surface area contributed by atoms with Crippen molar-refractivity contribution in [3.05, 3.63) is 23.7 Å². The molecule has 0 amide bonds. The lowest BCUT2D eigenvalue weighted by Gasteiger charge is -2.65. The topological polar surface area (TPSA) is 133 Å². The van der Waals surface area contributed by atoms with Crippen molar-refractivity contribution in [3.63, 3.8) is 0 Å². The van der Waals surface area contributed by atoms with Crippen molar-refractivity contribution in [1.29, 1.82) is 0 Å². The highest BCUT2D eigenvalue weighted by Gasteiger charge is 2.79. The van der Waals surface area contributed by atoms with Crippen LogP contribution < -0.4 is 0 Å². The van der Waals surface area contributed by atoms with E-state index < -0.39 is 62.7 Å². The smallest absolute Gasteiger partial charge is 0.334 e. The van der Waals surface area contributed by atoms with Crippen molar-refractivity contribution >= 4 is 23.9 Å². The molecule has 0 aromatic carbocycles. The van der Waals surface area contributed by atoms with Crippen molar-refractivity contribution in [1.82, 2.24) is 0 Å². The fourth-order valence-electron chi connectivity index (χ4n) is 7.60. The Morgan fingerprint density at radius 3 is 2.10 bits per heavy atom. The van der Waals surface area contributed by atoms with Crippen LogP contribution in [-0.2, 0) is 52.3 Å². The maximum Gasteiger partial charge on any atom is 0.334 e. The van der Waals surface area contributed by atoms with Crippen LogP contribution >= 0.6 is 0 Å². The van der Waals surface area contributed by atoms with Crippen LogP contribution in [0.15, 0.2) is 23.7 Å². The zero-order chi connectivity index (χ0) is 30.1. The number of ether oxygens (including phenoxy) is 7. The van der Waals surface area contributed by atoms with Gasteiger partial charge in [-0.3, -0.25) is 14.4 Å². The Morgan fingerprint density at radius 1 is 0.756 bits per heavy atom. The molecular formula is C30H40O11. The zero-order valence-electron chi connectivity index (χ0n) is 24.9. The molecule has 6 unspecified atom stereocenters. The Bertz CT molecular complexity index is 1230. The highest BCUT2D eigenvalue weighted by Crippen LogP contribution is 2.67. The Kier molecular flexibility index (Phi) is 6.89. The first kappa shape index (κ1) is 29.6. The lowest BCUT2D eigenvalue weighted by atomic mass is 9.42. The number of hydrogen-bond acceptors (Lipinski definition) is 11. The molecule has 1 spiro atoms. The molecule has 0 aromatic rings. The third-order valence-corrected chi connectivity index (χ3v) is 9.46. The van der Waals surface area contributed by atoms with Crippen molar-refractivity contribution < 1.29 is 52.3 Å². The van der Waals surface area contributed by atoms with Crippen molar-refractivity contribution in [3.8, 4) is 0 Å². The van der Waals surface area contributed by atoms with E-state index in [9.17, 15) is 19.2 Å². The van der Waals surface area contributed by atoms with Crippen LogP contribution in [0, 0.1) is 27.6 Å². The SMILES string of the molecule is CC1=CC23OCCOCCOC4=CC(=O)OC5(C)CC(C)(C(=O)OCC(C)(C)COC(=O)C2(C)CC3(C)C(=O)O1)C45. The summed E-state index contributed by atoms with van der Waals surface area (Å²) >= 11 is 0. The molecule has 0 aromatic heterocycles. The Balaban J connectivity index is 1.40. The summed E-state index contributed by atoms with van der Waals surface area (Å²) in [6, 6.07) is 0. The molecule has 0 radical (unpaired) electrons. The number of rotatable bonds is 0. The number of hydrogen-bond donors (Lipinski definition) is 0. The second kappa shape index (κ2) is 9.55. The van der Waals surface area contributed by atoms with Crippen LogP contribution in [0.4, 0.5) is 0 Å². The number of cyclic esters (lactones) is 3. The Morgan fingerprint density at radius 2 is 1.39 bits per heavy atom. The molecule has 2 saturated carbocycles. The summed E-state index contributed by atoms with van der Waals surface area (Å²) in [4.78, 5) is 52.3. The summed E-state index contributed by atoms with van der Waals surface area (Å²) in [6.45, 7) is 12.9. The summed E-state index contributed by atoms with van der Waals surface area (Å²) in [5.41, 5.74) is -6.12. The van der Waals surface area contributed by atoms with E-state index in [1.165, 1.54) is 6.08 Å². The predicted molar refractivity (Wildman–Crippen MR) is 141 cm³/mol. The lowest BCUT2D eigenvalue weighted by Crippen LogP contribution is -2.76. The van der Waals surface area contributed by atoms with Gasteiger partial charge in [-0.1, -0.05) is 13.8 Å². The van der Waals surface area contributed by atoms with E-state index >= 15 is 0 Å². The summed E-state index contributed by atoms with van der Waals surface area (Å²) in [6.07, 6.45) is 3.44. The van der Waals surface area contributed by atoms with Crippen LogP contribution in [0.5, 0.6) is 0 Å². The molecule has 3 heterocycles. The standard InChI is InChI=1S/C30H40O11/c1-18-13-30-27(5,15-28(30,6)24(34)40-18)23(33)38-17-25(2,3)16-37-22(32)26(4)14-29(7)21(26)19(12-20(31)41-29)36-10-8-35-9-11-39-30/h12-13,21H,8-11,14-17H2,1-7H3. The van der Waals surface area contributed by atoms with Gasteiger partial charge in [0, 0.05) is 11.8 Å². The van der Waals surface area contributed by atoms with E-state index in [4.69, 9.17) is 33.2 Å². The Hall–Kier alpha value is -2.92. The monoisotopic (exact) mass is 576 g/mol. The minimum atomic E-state index is -1.29. The van der Waals surface area contributed by atoms with Gasteiger partial charge in [-0.2, -0.15) is 0 Å². The minimum absolute atomic E-state index is 0.00687. The molecule has 2 aliphatic carbocycles. The van der Waals surface area contributed by atoms with Crippen molar-refractivity contribution in [2.24, 2.45) is 27.6 Å². The summed E-state index contributed by atoms with van der Waals surface area (Å²) in [5.74, 6) is -1.75. The predicted octanol–water partition coefficient (Wildman–Crippen LogP) is 3.00. The zero-order valence-corrected chi connectivity index (χ0v) is 24.9. The van der Waals surface area contributed by atoms with Gasteiger partial charge in [0.05, 0.1) is 50.4 Å². The first-order valence-corrected chi connectivity index (χ1v) is 14.1. The molecule has 1 saturated heterocycles. The molecule has 5 aliphatic rings. The molecule has 41 heavy (non-hydrogen) atoms. The third-order valence-electron chi connectivity index (χ3n) is 9.46. The van der Waals surface area contributed by atoms with E-state index in [0.29, 0.717) is 11.5 Å². The normalized spacial score (nSPS) is 43.0. The van der Waals surface area contributed by atoms with Crippen LogP contribution in [0.1, 0.15) is 61.3 Å². The van der Waals surface area contributed by atoms with E-state index in [2.05, 4.69) is 0 Å². The lowest BCUT2D eigenvalue weighted by molar-refractivity contribution is -0.271. The number of carbonyl (C=O) groups excluding carboxylic acids is 4. The molecule has 11 heteroatoms. The van der Waals surface area contributed by atoms with Crippen LogP contribution in [0.3, 0.4) is 0 Å². The summed E-state index contributed by atoms with van der Waals surface area (Å²) in [7, 11) is 0. The average molecular weight is 577 g/mol. The maximum atomic E-state index is 13.6. The Labute approximate surface area is 239 Å². The fraction of sp³-hybridized carbons (Fsp3) is 0.733. The van der Waals surface area contributed by atoms with Gasteiger partial charge in [-0.25, -0.2) is 4.79 Å². The first-order chi connectivity index (χ1) is 19.0. The van der Waals surface area contributed by atoms with Gasteiger partial charge in [0.2, 0.25) is 0 Å². The molecule has 11 nitrogen and oxygen atoms in total. The molecular weight excluding hydrogens is 536 g/mol. The largest absolute Gasteiger partial charge is 0.495 e. The molecule has 5 rings (SSSR count). The number of esters is 4. The molecule has 0 bridgehead atoms. The molecule has 0 N–H and O–H groups in total. The van der Waals surface area contributed by atoms with Gasteiger partial charge in [0.25, 0.3) is 0 Å². The second-order valence-electron chi connectivity index (χ2n) is 13.7. The molecule has 226 valence electrons. The van der Waals surface area contributed by atoms with E-state index in [0.717, 1.165) is 0 Å². The van der Waals surface area contributed by atoms with Crippen LogP contribution in [-0.4, -0.2) is 74.7 Å². The van der Waals surface area contributed by atoms with Gasteiger partial charge in [-0.15, -0.1) is 0 Å². The van der Waals surface area contributed by atoms with E-state index in [1.54, 1.807) is 40.7 Å². The maximum absolute atomic E-state index is 13.6. The fourth-order valence-corrected chi connectivity index (χ4v) is 7.60. The van der Waals surface area contributed by atoms with Crippen LogP contribution in [0.2, 0.25) is 0 Å². The van der Waals surface area contributed by atoms with Gasteiger partial charge in [-0.05, 0) is 47.1 Å². The average Bonchev–Trinajstić information content (AvgIpc) is 2.86. The van der Waals surface area contributed by atoms with Gasteiger partial charge < -0.3 is 33.2 Å². The highest BCUT2D eigenvalue weighted by atomic mass is 16.6. The number of allylic oxidation sites excluding steroid dienone is 1. The quantitative estimate of drug-likeness (QED) is 0.311. The van der Waals surface area contributed by atoms with Gasteiger partial charge in [0.1, 0.15) is 40.2 Å². The molecule has 3 fully saturated rings. The highest BCUT2D eigenvalue weighted by molar-refractivity contribution is 5.91. The van der Waals surface area contributed by atoms with Gasteiger partial charge >= 0.3 is 23.9 Å². The van der Waals surface area contributed by atoms with E-state index in [-0.39, 0.29) is 52.5 Å². The summed E-state index contributed by atoms with van der Waals surface area (Å²) < 4.78 is 40.6. The van der Waals surface area contributed by atoms with Crippen LogP contribution in [0.25, 0.3) is 0 Å². The van der Waals surface area contributed by atoms with Crippen molar-refractivity contribution in [2.45, 2.75) is 72.5 Å². The summed E-state index contributed by atoms with van der Waals surface area (Å²) in [5, 5.41) is 0. The number of carbonyl (C=O) groups is 4. The van der Waals surface area contributed by atoms with Crippen molar-refractivity contribution in [2.75, 3.05) is 39.6 Å². The molecule has 3 aliphatic heterocycles. The molecule has 6 atom stereocenters. The van der Waals surface area contributed by atoms with E-state index in [1.807, 2.05) is 13.8 Å². The second-order valence-corrected chi connectivity index (χ2v) is 13.7.